The number of nitrogens with one attached hydrogen (secondary N) is 1. The molecule has 0 bridgehead atoms. The summed E-state index contributed by atoms with van der Waals surface area (Å²) in [5.41, 5.74) is 7.10. The van der Waals surface area contributed by atoms with Crippen LogP contribution in [-0.2, 0) is 0 Å². The molecule has 0 saturated heterocycles. The highest BCUT2D eigenvalue weighted by molar-refractivity contribution is 9.10. The molecule has 1 heterocycles. The molecule has 2 aromatic rings. The molecule has 1 saturated carbocycles. The van der Waals surface area contributed by atoms with Gasteiger partial charge in [-0.3, -0.25) is 4.79 Å². The summed E-state index contributed by atoms with van der Waals surface area (Å²) in [6.07, 6.45) is 7.49. The molecule has 3 rings (SSSR count). The molecular formula is C16H20BrClN4O. The van der Waals surface area contributed by atoms with E-state index >= 15 is 0 Å². The van der Waals surface area contributed by atoms with Crippen molar-refractivity contribution in [3.8, 4) is 5.69 Å². The topological polar surface area (TPSA) is 72.9 Å². The summed E-state index contributed by atoms with van der Waals surface area (Å²) in [7, 11) is 0. The highest BCUT2D eigenvalue weighted by atomic mass is 79.9. The Hall–Kier alpha value is -1.37. The number of nitrogens with zero attached hydrogens (tertiary/aromatic N) is 2. The molecule has 1 aliphatic rings. The number of rotatable bonds is 4. The summed E-state index contributed by atoms with van der Waals surface area (Å²) >= 11 is 3.40. The quantitative estimate of drug-likeness (QED) is 0.830. The highest BCUT2D eigenvalue weighted by Crippen LogP contribution is 2.29. The van der Waals surface area contributed by atoms with Gasteiger partial charge in [-0.05, 0) is 37.1 Å². The van der Waals surface area contributed by atoms with Crippen LogP contribution in [0.1, 0.15) is 36.0 Å². The third-order valence-corrected chi connectivity index (χ3v) is 4.79. The highest BCUT2D eigenvalue weighted by Gasteiger charge is 2.34. The average molecular weight is 400 g/mol. The first kappa shape index (κ1) is 18.0. The largest absolute Gasteiger partial charge is 0.345 e. The Kier molecular flexibility index (Phi) is 5.84. The molecule has 23 heavy (non-hydrogen) atoms. The van der Waals surface area contributed by atoms with Gasteiger partial charge in [0.25, 0.3) is 5.91 Å². The second-order valence-electron chi connectivity index (χ2n) is 5.80. The van der Waals surface area contributed by atoms with Crippen molar-refractivity contribution in [2.75, 3.05) is 6.54 Å². The maximum Gasteiger partial charge on any atom is 0.254 e. The normalized spacial score (nSPS) is 15.9. The second-order valence-corrected chi connectivity index (χ2v) is 6.71. The third-order valence-electron chi connectivity index (χ3n) is 4.27. The van der Waals surface area contributed by atoms with Gasteiger partial charge >= 0.3 is 0 Å². The van der Waals surface area contributed by atoms with Gasteiger partial charge in [0.15, 0.2) is 0 Å². The molecule has 7 heteroatoms. The van der Waals surface area contributed by atoms with Crippen LogP contribution in [0, 0.1) is 0 Å². The Balaban J connectivity index is 0.00000192. The van der Waals surface area contributed by atoms with Gasteiger partial charge in [0, 0.05) is 17.2 Å². The number of carbonyl (C=O) groups is 1. The Bertz CT molecular complexity index is 665. The van der Waals surface area contributed by atoms with Gasteiger partial charge in [0.2, 0.25) is 0 Å². The zero-order valence-electron chi connectivity index (χ0n) is 12.7. The van der Waals surface area contributed by atoms with Crippen LogP contribution in [0.4, 0.5) is 0 Å². The van der Waals surface area contributed by atoms with Crippen LogP contribution in [0.2, 0.25) is 0 Å². The number of nitrogens with two attached hydrogens (primary N) is 1. The monoisotopic (exact) mass is 398 g/mol. The molecule has 0 aliphatic heterocycles. The van der Waals surface area contributed by atoms with Crippen molar-refractivity contribution in [1.29, 1.82) is 0 Å². The molecule has 0 radical (unpaired) electrons. The summed E-state index contributed by atoms with van der Waals surface area (Å²) in [6.45, 7) is 0.486. The minimum absolute atomic E-state index is 0. The van der Waals surface area contributed by atoms with E-state index in [1.807, 2.05) is 24.3 Å². The van der Waals surface area contributed by atoms with Crippen LogP contribution in [0.3, 0.4) is 0 Å². The third kappa shape index (κ3) is 3.94. The van der Waals surface area contributed by atoms with E-state index in [0.29, 0.717) is 12.1 Å². The lowest BCUT2D eigenvalue weighted by atomic mass is 9.97. The molecule has 1 aliphatic carbocycles. The van der Waals surface area contributed by atoms with Crippen LogP contribution in [0.5, 0.6) is 0 Å². The number of halogens is 2. The molecule has 1 fully saturated rings. The van der Waals surface area contributed by atoms with Crippen LogP contribution in [0.25, 0.3) is 5.69 Å². The van der Waals surface area contributed by atoms with Crippen LogP contribution in [0.15, 0.2) is 41.1 Å². The Morgan fingerprint density at radius 2 is 1.96 bits per heavy atom. The van der Waals surface area contributed by atoms with Gasteiger partial charge in [0.05, 0.1) is 23.0 Å². The van der Waals surface area contributed by atoms with Gasteiger partial charge < -0.3 is 11.1 Å². The summed E-state index contributed by atoms with van der Waals surface area (Å²) in [6, 6.07) is 7.77. The van der Waals surface area contributed by atoms with Crippen LogP contribution in [-0.4, -0.2) is 27.8 Å². The number of carbonyl (C=O) groups excluding carboxylic acids is 1. The Morgan fingerprint density at radius 3 is 2.57 bits per heavy atom. The zero-order chi connectivity index (χ0) is 15.6. The van der Waals surface area contributed by atoms with Crippen molar-refractivity contribution in [3.63, 3.8) is 0 Å². The van der Waals surface area contributed by atoms with Gasteiger partial charge in [-0.1, -0.05) is 28.8 Å². The molecule has 0 atom stereocenters. The standard InChI is InChI=1S/C16H19BrN4O.ClH/c17-13-3-5-14(6-4-13)21-10-12(9-19-21)15(22)20-16(11-18)7-1-2-8-16;/h3-6,9-10H,1-2,7-8,11,18H2,(H,20,22);1H. The lowest BCUT2D eigenvalue weighted by molar-refractivity contribution is 0.0903. The summed E-state index contributed by atoms with van der Waals surface area (Å²) in [5.74, 6) is -0.101. The van der Waals surface area contributed by atoms with Crippen molar-refractivity contribution >= 4 is 34.2 Å². The van der Waals surface area contributed by atoms with Crippen LogP contribution >= 0.6 is 28.3 Å². The first-order valence-corrected chi connectivity index (χ1v) is 8.24. The predicted molar refractivity (Wildman–Crippen MR) is 96.2 cm³/mol. The fourth-order valence-corrected chi connectivity index (χ4v) is 3.18. The van der Waals surface area contributed by atoms with E-state index in [1.165, 1.54) is 0 Å². The predicted octanol–water partition coefficient (Wildman–Crippen LogP) is 3.06. The number of benzene rings is 1. The summed E-state index contributed by atoms with van der Waals surface area (Å²) in [4.78, 5) is 12.4. The lowest BCUT2D eigenvalue weighted by Crippen LogP contribution is -2.51. The number of hydrogen-bond acceptors (Lipinski definition) is 3. The minimum Gasteiger partial charge on any atom is -0.345 e. The van der Waals surface area contributed by atoms with Gasteiger partial charge in [-0.25, -0.2) is 4.68 Å². The minimum atomic E-state index is -0.239. The van der Waals surface area contributed by atoms with E-state index in [4.69, 9.17) is 5.73 Å². The fourth-order valence-electron chi connectivity index (χ4n) is 2.92. The first-order chi connectivity index (χ1) is 10.6. The molecule has 1 aromatic carbocycles. The maximum absolute atomic E-state index is 12.4. The van der Waals surface area contributed by atoms with E-state index in [0.717, 1.165) is 35.8 Å². The van der Waals surface area contributed by atoms with Gasteiger partial charge in [-0.15, -0.1) is 12.4 Å². The van der Waals surface area contributed by atoms with Crippen molar-refractivity contribution < 1.29 is 4.79 Å². The molecule has 0 unspecified atom stereocenters. The van der Waals surface area contributed by atoms with E-state index in [9.17, 15) is 4.79 Å². The summed E-state index contributed by atoms with van der Waals surface area (Å²) in [5, 5.41) is 7.38. The molecular weight excluding hydrogens is 380 g/mol. The Labute approximate surface area is 150 Å². The van der Waals surface area contributed by atoms with Gasteiger partial charge in [0.1, 0.15) is 0 Å². The number of aromatic nitrogens is 2. The fraction of sp³-hybridized carbons (Fsp3) is 0.375. The van der Waals surface area contributed by atoms with Crippen molar-refractivity contribution in [3.05, 3.63) is 46.7 Å². The number of hydrogen-bond donors (Lipinski definition) is 2. The van der Waals surface area contributed by atoms with E-state index in [1.54, 1.807) is 17.1 Å². The van der Waals surface area contributed by atoms with Crippen molar-refractivity contribution in [1.82, 2.24) is 15.1 Å². The Morgan fingerprint density at radius 1 is 1.30 bits per heavy atom. The zero-order valence-corrected chi connectivity index (χ0v) is 15.1. The number of amides is 1. The molecule has 3 N–H and O–H groups in total. The average Bonchev–Trinajstić information content (AvgIpc) is 3.18. The maximum atomic E-state index is 12.4. The second kappa shape index (κ2) is 7.47. The summed E-state index contributed by atoms with van der Waals surface area (Å²) < 4.78 is 2.71. The molecule has 5 nitrogen and oxygen atoms in total. The molecule has 1 amide bonds. The molecule has 124 valence electrons. The SMILES string of the molecule is Cl.NCC1(NC(=O)c2cnn(-c3ccc(Br)cc3)c2)CCCC1. The van der Waals surface area contributed by atoms with Crippen molar-refractivity contribution in [2.45, 2.75) is 31.2 Å². The first-order valence-electron chi connectivity index (χ1n) is 7.45. The molecule has 0 spiro atoms. The molecule has 1 aromatic heterocycles. The van der Waals surface area contributed by atoms with Crippen LogP contribution < -0.4 is 11.1 Å². The smallest absolute Gasteiger partial charge is 0.254 e. The van der Waals surface area contributed by atoms with Crippen molar-refractivity contribution in [2.24, 2.45) is 5.73 Å². The van der Waals surface area contributed by atoms with E-state index in [2.05, 4.69) is 26.3 Å². The van der Waals surface area contributed by atoms with Gasteiger partial charge in [-0.2, -0.15) is 5.10 Å². The van der Waals surface area contributed by atoms with E-state index < -0.39 is 0 Å². The lowest BCUT2D eigenvalue weighted by Gasteiger charge is -2.28. The van der Waals surface area contributed by atoms with E-state index in [-0.39, 0.29) is 23.9 Å².